The van der Waals surface area contributed by atoms with E-state index in [1.807, 2.05) is 31.4 Å². The van der Waals surface area contributed by atoms with Gasteiger partial charge in [0.1, 0.15) is 5.69 Å². The van der Waals surface area contributed by atoms with E-state index in [1.165, 1.54) is 23.5 Å². The first-order chi connectivity index (χ1) is 14.1. The van der Waals surface area contributed by atoms with Crippen molar-refractivity contribution in [2.45, 2.75) is 18.7 Å². The van der Waals surface area contributed by atoms with E-state index in [4.69, 9.17) is 5.14 Å². The Hall–Kier alpha value is -3.35. The number of primary sulfonamides is 1. The third-order valence-electron chi connectivity index (χ3n) is 4.48. The molecule has 2 aromatic heterocycles. The standard InChI is InChI=1S/C18H16N6O4S2/c1-10-3-5-13(11(2)7-10)16-9-29-18-21-17(22-23(16)18)20-14-6-4-12(30(19,27)28)8-15(14)24(25)26/h3-9H,1-2H3,(H,20,22)(H2,19,27,28). The van der Waals surface area contributed by atoms with E-state index in [-0.39, 0.29) is 16.5 Å². The summed E-state index contributed by atoms with van der Waals surface area (Å²) in [5.74, 6) is 0.152. The Bertz CT molecular complexity index is 1410. The normalized spacial score (nSPS) is 11.7. The summed E-state index contributed by atoms with van der Waals surface area (Å²) < 4.78 is 24.6. The van der Waals surface area contributed by atoms with Crippen molar-refractivity contribution in [1.82, 2.24) is 14.6 Å². The summed E-state index contributed by atoms with van der Waals surface area (Å²) in [6.45, 7) is 4.03. The molecule has 0 bridgehead atoms. The van der Waals surface area contributed by atoms with Gasteiger partial charge in [-0.3, -0.25) is 10.1 Å². The molecule has 10 nitrogen and oxygen atoms in total. The average molecular weight is 444 g/mol. The number of nitrogens with zero attached hydrogens (tertiary/aromatic N) is 4. The fourth-order valence-corrected chi connectivity index (χ4v) is 4.44. The second-order valence-corrected chi connectivity index (χ2v) is 9.07. The van der Waals surface area contributed by atoms with Crippen LogP contribution in [0.15, 0.2) is 46.7 Å². The molecule has 12 heteroatoms. The summed E-state index contributed by atoms with van der Waals surface area (Å²) in [5.41, 5.74) is 3.71. The molecule has 0 spiro atoms. The number of nitro groups is 1. The Morgan fingerprint density at radius 3 is 2.63 bits per heavy atom. The number of aromatic nitrogens is 3. The van der Waals surface area contributed by atoms with Crippen LogP contribution in [0.5, 0.6) is 0 Å². The van der Waals surface area contributed by atoms with E-state index in [0.717, 1.165) is 28.5 Å². The van der Waals surface area contributed by atoms with Crippen LogP contribution < -0.4 is 10.5 Å². The zero-order valence-corrected chi connectivity index (χ0v) is 17.5. The fourth-order valence-electron chi connectivity index (χ4n) is 3.09. The predicted molar refractivity (Wildman–Crippen MR) is 114 cm³/mol. The van der Waals surface area contributed by atoms with Crippen LogP contribution in [0.1, 0.15) is 11.1 Å². The first-order valence-electron chi connectivity index (χ1n) is 8.63. The van der Waals surface area contributed by atoms with Crippen LogP contribution in [0.25, 0.3) is 16.2 Å². The Morgan fingerprint density at radius 1 is 1.20 bits per heavy atom. The van der Waals surface area contributed by atoms with E-state index in [0.29, 0.717) is 4.96 Å². The molecule has 2 heterocycles. The number of nitro benzene ring substituents is 1. The Kier molecular flexibility index (Phi) is 4.76. The highest BCUT2D eigenvalue weighted by Crippen LogP contribution is 2.32. The summed E-state index contributed by atoms with van der Waals surface area (Å²) in [7, 11) is -4.07. The number of hydrogen-bond donors (Lipinski definition) is 2. The summed E-state index contributed by atoms with van der Waals surface area (Å²) in [4.78, 5) is 15.3. The molecule has 4 rings (SSSR count). The van der Waals surface area contributed by atoms with Crippen molar-refractivity contribution in [1.29, 1.82) is 0 Å². The molecule has 0 aliphatic carbocycles. The van der Waals surface area contributed by atoms with Crippen molar-refractivity contribution in [3.63, 3.8) is 0 Å². The lowest BCUT2D eigenvalue weighted by atomic mass is 10.0. The SMILES string of the molecule is Cc1ccc(-c2csc3nc(Nc4ccc(S(N)(=O)=O)cc4[N+](=O)[O-])nn23)c(C)c1. The highest BCUT2D eigenvalue weighted by molar-refractivity contribution is 7.89. The predicted octanol–water partition coefficient (Wildman–Crippen LogP) is 3.37. The maximum Gasteiger partial charge on any atom is 0.294 e. The molecule has 0 atom stereocenters. The van der Waals surface area contributed by atoms with Gasteiger partial charge < -0.3 is 5.32 Å². The number of aryl methyl sites for hydroxylation is 2. The quantitative estimate of drug-likeness (QED) is 0.354. The number of thiazole rings is 1. The van der Waals surface area contributed by atoms with Crippen LogP contribution in [-0.4, -0.2) is 27.9 Å². The van der Waals surface area contributed by atoms with Crippen molar-refractivity contribution < 1.29 is 13.3 Å². The van der Waals surface area contributed by atoms with Crippen LogP contribution in [-0.2, 0) is 10.0 Å². The molecule has 0 radical (unpaired) electrons. The highest BCUT2D eigenvalue weighted by Gasteiger charge is 2.21. The number of sulfonamides is 1. The van der Waals surface area contributed by atoms with Gasteiger partial charge in [-0.25, -0.2) is 18.1 Å². The van der Waals surface area contributed by atoms with Crippen LogP contribution in [0, 0.1) is 24.0 Å². The van der Waals surface area contributed by atoms with Gasteiger partial charge in [0.2, 0.25) is 20.9 Å². The second kappa shape index (κ2) is 7.16. The average Bonchev–Trinajstić information content (AvgIpc) is 3.21. The zero-order valence-electron chi connectivity index (χ0n) is 15.9. The zero-order chi connectivity index (χ0) is 21.6. The molecule has 0 unspecified atom stereocenters. The molecule has 154 valence electrons. The molecule has 30 heavy (non-hydrogen) atoms. The summed E-state index contributed by atoms with van der Waals surface area (Å²) in [6.07, 6.45) is 0. The number of nitrogens with two attached hydrogens (primary N) is 1. The first kappa shape index (κ1) is 19.9. The number of benzene rings is 2. The van der Waals surface area contributed by atoms with Crippen LogP contribution >= 0.6 is 11.3 Å². The molecule has 0 aliphatic rings. The number of anilines is 2. The lowest BCUT2D eigenvalue weighted by molar-refractivity contribution is -0.384. The van der Waals surface area contributed by atoms with Crippen molar-refractivity contribution >= 4 is 43.6 Å². The lowest BCUT2D eigenvalue weighted by Crippen LogP contribution is -2.12. The van der Waals surface area contributed by atoms with E-state index in [1.54, 1.807) is 4.52 Å². The van der Waals surface area contributed by atoms with Gasteiger partial charge in [0.25, 0.3) is 5.69 Å². The Labute approximate surface area is 175 Å². The maximum absolute atomic E-state index is 11.5. The summed E-state index contributed by atoms with van der Waals surface area (Å²) in [5, 5.41) is 25.6. The molecule has 0 aliphatic heterocycles. The molecular weight excluding hydrogens is 428 g/mol. The third-order valence-corrected chi connectivity index (χ3v) is 6.21. The molecule has 4 aromatic rings. The third kappa shape index (κ3) is 3.63. The topological polar surface area (TPSA) is 146 Å². The van der Waals surface area contributed by atoms with Gasteiger partial charge >= 0.3 is 0 Å². The minimum Gasteiger partial charge on any atom is -0.317 e. The van der Waals surface area contributed by atoms with Crippen molar-refractivity contribution in [3.05, 3.63) is 63.0 Å². The van der Waals surface area contributed by atoms with E-state index in [2.05, 4.69) is 21.5 Å². The maximum atomic E-state index is 11.5. The summed E-state index contributed by atoms with van der Waals surface area (Å²) in [6, 6.07) is 9.45. The van der Waals surface area contributed by atoms with Gasteiger partial charge in [-0.1, -0.05) is 23.8 Å². The number of rotatable bonds is 5. The van der Waals surface area contributed by atoms with Gasteiger partial charge in [-0.2, -0.15) is 4.98 Å². The molecular formula is C18H16N6O4S2. The van der Waals surface area contributed by atoms with Crippen LogP contribution in [0.2, 0.25) is 0 Å². The largest absolute Gasteiger partial charge is 0.317 e. The Morgan fingerprint density at radius 2 is 1.97 bits per heavy atom. The minimum atomic E-state index is -4.07. The fraction of sp³-hybridized carbons (Fsp3) is 0.111. The number of hydrogen-bond acceptors (Lipinski definition) is 8. The van der Waals surface area contributed by atoms with Gasteiger partial charge in [-0.15, -0.1) is 16.4 Å². The molecule has 0 saturated heterocycles. The first-order valence-corrected chi connectivity index (χ1v) is 11.1. The molecule has 2 aromatic carbocycles. The van der Waals surface area contributed by atoms with E-state index >= 15 is 0 Å². The molecule has 0 saturated carbocycles. The van der Waals surface area contributed by atoms with Gasteiger partial charge in [-0.05, 0) is 31.5 Å². The molecule has 3 N–H and O–H groups in total. The van der Waals surface area contributed by atoms with Crippen LogP contribution in [0.4, 0.5) is 17.3 Å². The van der Waals surface area contributed by atoms with Crippen LogP contribution in [0.3, 0.4) is 0 Å². The monoisotopic (exact) mass is 444 g/mol. The summed E-state index contributed by atoms with van der Waals surface area (Å²) >= 11 is 1.39. The van der Waals surface area contributed by atoms with Crippen molar-refractivity contribution in [2.75, 3.05) is 5.32 Å². The van der Waals surface area contributed by atoms with E-state index < -0.39 is 20.6 Å². The number of fused-ring (bicyclic) bond motifs is 1. The smallest absolute Gasteiger partial charge is 0.294 e. The second-order valence-electron chi connectivity index (χ2n) is 6.68. The lowest BCUT2D eigenvalue weighted by Gasteiger charge is -2.06. The molecule has 0 amide bonds. The number of nitrogens with one attached hydrogen (secondary N) is 1. The minimum absolute atomic E-state index is 0.0544. The highest BCUT2D eigenvalue weighted by atomic mass is 32.2. The van der Waals surface area contributed by atoms with Gasteiger partial charge in [0.05, 0.1) is 15.5 Å². The van der Waals surface area contributed by atoms with E-state index in [9.17, 15) is 18.5 Å². The van der Waals surface area contributed by atoms with Gasteiger partial charge in [0.15, 0.2) is 0 Å². The van der Waals surface area contributed by atoms with Gasteiger partial charge in [0, 0.05) is 17.0 Å². The Balaban J connectivity index is 1.74. The van der Waals surface area contributed by atoms with Crippen molar-refractivity contribution in [2.24, 2.45) is 5.14 Å². The van der Waals surface area contributed by atoms with Crippen molar-refractivity contribution in [3.8, 4) is 11.3 Å². The molecule has 0 fully saturated rings.